The maximum Gasteiger partial charge on any atom is 0.338 e. The van der Waals surface area contributed by atoms with E-state index >= 15 is 0 Å². The molecule has 2 amide bonds. The Labute approximate surface area is 179 Å². The van der Waals surface area contributed by atoms with Gasteiger partial charge in [-0.05, 0) is 47.9 Å². The van der Waals surface area contributed by atoms with Crippen LogP contribution in [0.25, 0.3) is 0 Å². The Balaban J connectivity index is 1.47. The maximum absolute atomic E-state index is 12.9. The Kier molecular flexibility index (Phi) is 7.48. The Morgan fingerprint density at radius 1 is 0.806 bits per heavy atom. The minimum atomic E-state index is -0.613. The number of benzene rings is 3. The average Bonchev–Trinajstić information content (AvgIpc) is 2.78. The molecule has 6 nitrogen and oxygen atoms in total. The maximum atomic E-state index is 12.9. The molecule has 2 N–H and O–H groups in total. The fraction of sp³-hybridized carbons (Fsp3) is 0.125. The first kappa shape index (κ1) is 21.7. The molecule has 0 aromatic heterocycles. The van der Waals surface area contributed by atoms with Crippen molar-refractivity contribution in [3.05, 3.63) is 101 Å². The summed E-state index contributed by atoms with van der Waals surface area (Å²) < 4.78 is 18.0. The third-order valence-electron chi connectivity index (χ3n) is 4.38. The molecule has 0 fully saturated rings. The van der Waals surface area contributed by atoms with E-state index in [1.165, 1.54) is 24.3 Å². The van der Waals surface area contributed by atoms with Crippen LogP contribution in [-0.4, -0.2) is 30.9 Å². The number of nitrogens with one attached hydrogen (secondary N) is 2. The second-order valence-electron chi connectivity index (χ2n) is 6.73. The molecule has 0 saturated heterocycles. The quantitative estimate of drug-likeness (QED) is 0.548. The number of amides is 2. The molecule has 0 bridgehead atoms. The third kappa shape index (κ3) is 6.78. The number of anilines is 1. The number of carbonyl (C=O) groups is 3. The molecule has 158 valence electrons. The zero-order valence-corrected chi connectivity index (χ0v) is 16.6. The fourth-order valence-electron chi connectivity index (χ4n) is 2.87. The highest BCUT2D eigenvalue weighted by Gasteiger charge is 2.15. The van der Waals surface area contributed by atoms with E-state index in [4.69, 9.17) is 4.74 Å². The van der Waals surface area contributed by atoms with E-state index in [-0.39, 0.29) is 6.54 Å². The zero-order chi connectivity index (χ0) is 22.1. The summed E-state index contributed by atoms with van der Waals surface area (Å²) in [5.74, 6) is -2.13. The first-order valence-corrected chi connectivity index (χ1v) is 9.62. The standard InChI is InChI=1S/C24H21FN2O4/c25-19-10-12-20(13-11-19)27-22(28)15-26-23(29)16-31-24(30)21-9-5-4-8-18(21)14-17-6-2-1-3-7-17/h1-13H,14-16H2,(H,26,29)(H,27,28). The predicted octanol–water partition coefficient (Wildman–Crippen LogP) is 3.33. The third-order valence-corrected chi connectivity index (χ3v) is 4.38. The molecule has 0 atom stereocenters. The molecule has 3 aromatic rings. The van der Waals surface area contributed by atoms with E-state index in [9.17, 15) is 18.8 Å². The Morgan fingerprint density at radius 2 is 1.48 bits per heavy atom. The lowest BCUT2D eigenvalue weighted by Gasteiger charge is -2.10. The molecule has 0 aliphatic rings. The van der Waals surface area contributed by atoms with Crippen LogP contribution in [0.5, 0.6) is 0 Å². The van der Waals surface area contributed by atoms with Gasteiger partial charge in [-0.3, -0.25) is 9.59 Å². The SMILES string of the molecule is O=C(COC(=O)c1ccccc1Cc1ccccc1)NCC(=O)Nc1ccc(F)cc1. The van der Waals surface area contributed by atoms with Gasteiger partial charge < -0.3 is 15.4 Å². The van der Waals surface area contributed by atoms with Crippen LogP contribution in [0.1, 0.15) is 21.5 Å². The second kappa shape index (κ2) is 10.7. The summed E-state index contributed by atoms with van der Waals surface area (Å²) in [4.78, 5) is 36.2. The summed E-state index contributed by atoms with van der Waals surface area (Å²) >= 11 is 0. The summed E-state index contributed by atoms with van der Waals surface area (Å²) in [6.07, 6.45) is 0.557. The van der Waals surface area contributed by atoms with Crippen LogP contribution in [0.3, 0.4) is 0 Å². The number of ether oxygens (including phenoxy) is 1. The van der Waals surface area contributed by atoms with Gasteiger partial charge >= 0.3 is 5.97 Å². The van der Waals surface area contributed by atoms with Crippen LogP contribution in [0.2, 0.25) is 0 Å². The average molecular weight is 420 g/mol. The van der Waals surface area contributed by atoms with Crippen molar-refractivity contribution in [3.8, 4) is 0 Å². The number of esters is 1. The molecule has 0 saturated carbocycles. The molecule has 3 aromatic carbocycles. The van der Waals surface area contributed by atoms with Crippen LogP contribution in [0.15, 0.2) is 78.9 Å². The van der Waals surface area contributed by atoms with Gasteiger partial charge in [0, 0.05) is 5.69 Å². The number of rotatable bonds is 8. The highest BCUT2D eigenvalue weighted by Crippen LogP contribution is 2.15. The summed E-state index contributed by atoms with van der Waals surface area (Å²) in [5, 5.41) is 4.89. The number of halogens is 1. The van der Waals surface area contributed by atoms with Gasteiger partial charge in [0.15, 0.2) is 6.61 Å². The van der Waals surface area contributed by atoms with E-state index < -0.39 is 30.2 Å². The van der Waals surface area contributed by atoms with Crippen molar-refractivity contribution in [2.45, 2.75) is 6.42 Å². The van der Waals surface area contributed by atoms with Gasteiger partial charge in [0.05, 0.1) is 12.1 Å². The molecule has 0 aliphatic carbocycles. The van der Waals surface area contributed by atoms with Crippen LogP contribution in [-0.2, 0) is 20.7 Å². The summed E-state index contributed by atoms with van der Waals surface area (Å²) in [6.45, 7) is -0.819. The number of carbonyl (C=O) groups excluding carboxylic acids is 3. The molecule has 0 aliphatic heterocycles. The topological polar surface area (TPSA) is 84.5 Å². The molecule has 0 radical (unpaired) electrons. The highest BCUT2D eigenvalue weighted by atomic mass is 19.1. The molecule has 31 heavy (non-hydrogen) atoms. The van der Waals surface area contributed by atoms with Crippen molar-refractivity contribution in [2.24, 2.45) is 0 Å². The lowest BCUT2D eigenvalue weighted by molar-refractivity contribution is -0.126. The van der Waals surface area contributed by atoms with Crippen molar-refractivity contribution in [1.29, 1.82) is 0 Å². The zero-order valence-electron chi connectivity index (χ0n) is 16.6. The Bertz CT molecular complexity index is 1050. The molecule has 7 heteroatoms. The van der Waals surface area contributed by atoms with Gasteiger partial charge in [-0.2, -0.15) is 0 Å². The molecular weight excluding hydrogens is 399 g/mol. The fourth-order valence-corrected chi connectivity index (χ4v) is 2.87. The molecule has 3 rings (SSSR count). The van der Waals surface area contributed by atoms with Crippen molar-refractivity contribution in [1.82, 2.24) is 5.32 Å². The predicted molar refractivity (Wildman–Crippen MR) is 114 cm³/mol. The normalized spacial score (nSPS) is 10.2. The van der Waals surface area contributed by atoms with E-state index in [0.29, 0.717) is 17.7 Å². The Morgan fingerprint density at radius 3 is 2.23 bits per heavy atom. The molecule has 0 unspecified atom stereocenters. The summed E-state index contributed by atoms with van der Waals surface area (Å²) in [5.41, 5.74) is 2.63. The monoisotopic (exact) mass is 420 g/mol. The van der Waals surface area contributed by atoms with E-state index in [1.54, 1.807) is 12.1 Å². The number of hydrogen-bond donors (Lipinski definition) is 2. The molecule has 0 spiro atoms. The smallest absolute Gasteiger partial charge is 0.338 e. The van der Waals surface area contributed by atoms with Gasteiger partial charge in [0.2, 0.25) is 5.91 Å². The van der Waals surface area contributed by atoms with E-state index in [0.717, 1.165) is 11.1 Å². The van der Waals surface area contributed by atoms with Gasteiger partial charge in [0.25, 0.3) is 5.91 Å². The van der Waals surface area contributed by atoms with Crippen LogP contribution >= 0.6 is 0 Å². The molecular formula is C24H21FN2O4. The van der Waals surface area contributed by atoms with E-state index in [1.807, 2.05) is 42.5 Å². The molecule has 0 heterocycles. The summed E-state index contributed by atoms with van der Waals surface area (Å²) in [7, 11) is 0. The van der Waals surface area contributed by atoms with Crippen LogP contribution < -0.4 is 10.6 Å². The van der Waals surface area contributed by atoms with Crippen molar-refractivity contribution < 1.29 is 23.5 Å². The number of hydrogen-bond acceptors (Lipinski definition) is 4. The van der Waals surface area contributed by atoms with Crippen LogP contribution in [0.4, 0.5) is 10.1 Å². The highest BCUT2D eigenvalue weighted by molar-refractivity contribution is 5.96. The van der Waals surface area contributed by atoms with Crippen molar-refractivity contribution >= 4 is 23.5 Å². The summed E-state index contributed by atoms with van der Waals surface area (Å²) in [6, 6.07) is 22.0. The minimum Gasteiger partial charge on any atom is -0.452 e. The van der Waals surface area contributed by atoms with Gasteiger partial charge in [0.1, 0.15) is 5.82 Å². The van der Waals surface area contributed by atoms with Crippen molar-refractivity contribution in [2.75, 3.05) is 18.5 Å². The van der Waals surface area contributed by atoms with Crippen LogP contribution in [0, 0.1) is 5.82 Å². The first-order chi connectivity index (χ1) is 15.0. The minimum absolute atomic E-state index is 0.307. The van der Waals surface area contributed by atoms with Gasteiger partial charge in [-0.25, -0.2) is 9.18 Å². The lowest BCUT2D eigenvalue weighted by atomic mass is 10.00. The first-order valence-electron chi connectivity index (χ1n) is 9.62. The Hall–Kier alpha value is -4.00. The lowest BCUT2D eigenvalue weighted by Crippen LogP contribution is -2.35. The van der Waals surface area contributed by atoms with E-state index in [2.05, 4.69) is 10.6 Å². The van der Waals surface area contributed by atoms with Gasteiger partial charge in [-0.15, -0.1) is 0 Å². The largest absolute Gasteiger partial charge is 0.452 e. The second-order valence-corrected chi connectivity index (χ2v) is 6.73. The van der Waals surface area contributed by atoms with Crippen molar-refractivity contribution in [3.63, 3.8) is 0 Å². The van der Waals surface area contributed by atoms with Gasteiger partial charge in [-0.1, -0.05) is 48.5 Å².